The highest BCUT2D eigenvalue weighted by atomic mass is 19.3. The first kappa shape index (κ1) is 26.6. The summed E-state index contributed by atoms with van der Waals surface area (Å²) in [6, 6.07) is 3.83. The van der Waals surface area contributed by atoms with E-state index in [-0.39, 0.29) is 47.5 Å². The number of carbonyl (C=O) groups excluding carboxylic acids is 1. The molecule has 3 aliphatic rings. The van der Waals surface area contributed by atoms with Crippen molar-refractivity contribution in [2.45, 2.75) is 63.1 Å². The molecule has 1 aromatic heterocycles. The minimum Gasteiger partial charge on any atom is -0.365 e. The molecule has 1 aromatic carbocycles. The van der Waals surface area contributed by atoms with Crippen molar-refractivity contribution in [2.24, 2.45) is 17.6 Å². The lowest BCUT2D eigenvalue weighted by atomic mass is 9.65. The largest absolute Gasteiger partial charge is 0.365 e. The van der Waals surface area contributed by atoms with E-state index in [2.05, 4.69) is 4.90 Å². The number of aromatic nitrogens is 1. The Morgan fingerprint density at radius 3 is 2.29 bits per heavy atom. The van der Waals surface area contributed by atoms with Crippen molar-refractivity contribution in [3.63, 3.8) is 0 Å². The van der Waals surface area contributed by atoms with Crippen LogP contribution in [-0.4, -0.2) is 48.0 Å². The number of halogens is 5. The third-order valence-electron chi connectivity index (χ3n) is 8.83. The molecule has 0 radical (unpaired) electrons. The van der Waals surface area contributed by atoms with E-state index in [4.69, 9.17) is 5.73 Å². The van der Waals surface area contributed by atoms with E-state index in [1.807, 2.05) is 7.05 Å². The molecule has 2 unspecified atom stereocenters. The van der Waals surface area contributed by atoms with Crippen molar-refractivity contribution < 1.29 is 26.7 Å². The van der Waals surface area contributed by atoms with Crippen LogP contribution in [0.1, 0.15) is 66.6 Å². The first-order valence-corrected chi connectivity index (χ1v) is 12.8. The normalized spacial score (nSPS) is 25.1. The van der Waals surface area contributed by atoms with Crippen LogP contribution in [0.15, 0.2) is 35.3 Å². The average molecular weight is 539 g/mol. The zero-order chi connectivity index (χ0) is 27.5. The molecule has 2 saturated carbocycles. The first-order valence-electron chi connectivity index (χ1n) is 12.8. The minimum absolute atomic E-state index is 0.0104. The molecule has 1 amide bonds. The second kappa shape index (κ2) is 9.66. The second-order valence-corrected chi connectivity index (χ2v) is 11.0. The zero-order valence-corrected chi connectivity index (χ0v) is 21.2. The number of nitrogens with zero attached hydrogens (tertiary/aromatic N) is 3. The van der Waals surface area contributed by atoms with Crippen LogP contribution in [0.2, 0.25) is 0 Å². The highest BCUT2D eigenvalue weighted by Crippen LogP contribution is 2.49. The maximum atomic E-state index is 15.3. The molecule has 0 spiro atoms. The number of benzene rings is 1. The number of amides is 1. The molecule has 2 aromatic rings. The number of carbonyl (C=O) groups is 1. The highest BCUT2D eigenvalue weighted by Gasteiger charge is 2.52. The van der Waals surface area contributed by atoms with Crippen molar-refractivity contribution in [1.29, 1.82) is 0 Å². The van der Waals surface area contributed by atoms with Gasteiger partial charge < -0.3 is 20.1 Å². The van der Waals surface area contributed by atoms with Gasteiger partial charge in [-0.15, -0.1) is 0 Å². The molecular formula is C27H31F5N4O2. The summed E-state index contributed by atoms with van der Waals surface area (Å²) in [6.45, 7) is 3.08. The van der Waals surface area contributed by atoms with Crippen molar-refractivity contribution in [3.8, 4) is 0 Å². The maximum Gasteiger partial charge on any atom is 0.266 e. The van der Waals surface area contributed by atoms with Gasteiger partial charge in [-0.2, -0.15) is 0 Å². The van der Waals surface area contributed by atoms with Gasteiger partial charge in [-0.1, -0.05) is 18.2 Å². The molecule has 5 rings (SSSR count). The summed E-state index contributed by atoms with van der Waals surface area (Å²) in [5.74, 6) is -1.74. The molecule has 6 nitrogen and oxygen atoms in total. The molecule has 2 bridgehead atoms. The van der Waals surface area contributed by atoms with E-state index in [1.54, 1.807) is 11.8 Å². The van der Waals surface area contributed by atoms with Gasteiger partial charge >= 0.3 is 0 Å². The summed E-state index contributed by atoms with van der Waals surface area (Å²) in [6.07, 6.45) is -3.15. The number of hydrogen-bond acceptors (Lipinski definition) is 4. The van der Waals surface area contributed by atoms with Crippen LogP contribution < -0.4 is 16.2 Å². The lowest BCUT2D eigenvalue weighted by molar-refractivity contribution is -0.0504. The fourth-order valence-corrected chi connectivity index (χ4v) is 6.77. The molecule has 2 heterocycles. The average Bonchev–Trinajstić information content (AvgIpc) is 2.81. The van der Waals surface area contributed by atoms with Gasteiger partial charge in [0, 0.05) is 37.0 Å². The van der Waals surface area contributed by atoms with Crippen LogP contribution >= 0.6 is 0 Å². The Morgan fingerprint density at radius 2 is 1.76 bits per heavy atom. The molecular weight excluding hydrogens is 507 g/mol. The molecule has 38 heavy (non-hydrogen) atoms. The number of fused-ring (bicyclic) bond motifs is 2. The Balaban J connectivity index is 1.68. The van der Waals surface area contributed by atoms with Crippen LogP contribution in [0.3, 0.4) is 0 Å². The first-order chi connectivity index (χ1) is 18.0. The number of primary amides is 1. The number of likely N-dealkylation sites (tertiary alicyclic amines) is 1. The van der Waals surface area contributed by atoms with Crippen LogP contribution in [0.4, 0.5) is 27.6 Å². The summed E-state index contributed by atoms with van der Waals surface area (Å²) < 4.78 is 71.5. The molecule has 2 aliphatic carbocycles. The summed E-state index contributed by atoms with van der Waals surface area (Å²) in [5.41, 5.74) is 2.54. The Kier molecular flexibility index (Phi) is 6.77. The van der Waals surface area contributed by atoms with Gasteiger partial charge in [-0.25, -0.2) is 22.0 Å². The monoisotopic (exact) mass is 538 g/mol. The third kappa shape index (κ3) is 4.10. The summed E-state index contributed by atoms with van der Waals surface area (Å²) in [7, 11) is 1.98. The molecule has 2 N–H and O–H groups in total. The molecule has 3 atom stereocenters. The molecule has 206 valence electrons. The van der Waals surface area contributed by atoms with Crippen molar-refractivity contribution in [3.05, 3.63) is 63.3 Å². The Bertz CT molecular complexity index is 1280. The molecule has 1 saturated heterocycles. The van der Waals surface area contributed by atoms with E-state index in [9.17, 15) is 27.2 Å². The van der Waals surface area contributed by atoms with Gasteiger partial charge in [0.15, 0.2) is 0 Å². The second-order valence-electron chi connectivity index (χ2n) is 11.0. The van der Waals surface area contributed by atoms with Crippen LogP contribution in [0, 0.1) is 17.7 Å². The minimum atomic E-state index is -3.02. The number of alkyl halides is 4. The molecule has 3 fully saturated rings. The molecule has 11 heteroatoms. The predicted octanol–water partition coefficient (Wildman–Crippen LogP) is 4.69. The number of anilines is 1. The Hall–Kier alpha value is -2.95. The topological polar surface area (TPSA) is 71.6 Å². The van der Waals surface area contributed by atoms with Crippen LogP contribution in [0.5, 0.6) is 0 Å². The SMILES string of the molecule is C[C@H](c1cccc(C(F)F)c1F)N(c1cc(=O)n(C2(C(F)F)CCC2)cc1C(N)=O)C1C2CC1CN(C)C2. The fraction of sp³-hybridized carbons (Fsp3) is 0.556. The fourth-order valence-electron chi connectivity index (χ4n) is 6.77. The quantitative estimate of drug-likeness (QED) is 0.496. The van der Waals surface area contributed by atoms with Crippen molar-refractivity contribution in [1.82, 2.24) is 9.47 Å². The highest BCUT2D eigenvalue weighted by molar-refractivity contribution is 5.98. The van der Waals surface area contributed by atoms with Crippen LogP contribution in [0.25, 0.3) is 0 Å². The lowest BCUT2D eigenvalue weighted by Crippen LogP contribution is -2.64. The van der Waals surface area contributed by atoms with Gasteiger partial charge in [0.25, 0.3) is 24.3 Å². The van der Waals surface area contributed by atoms with E-state index in [0.717, 1.165) is 42.4 Å². The van der Waals surface area contributed by atoms with Gasteiger partial charge in [0.05, 0.1) is 22.9 Å². The Morgan fingerprint density at radius 1 is 1.13 bits per heavy atom. The third-order valence-corrected chi connectivity index (χ3v) is 8.83. The van der Waals surface area contributed by atoms with E-state index >= 15 is 4.39 Å². The van der Waals surface area contributed by atoms with Gasteiger partial charge in [-0.05, 0) is 51.5 Å². The van der Waals surface area contributed by atoms with Gasteiger partial charge in [0.2, 0.25) is 0 Å². The predicted molar refractivity (Wildman–Crippen MR) is 132 cm³/mol. The molecule has 1 aliphatic heterocycles. The summed E-state index contributed by atoms with van der Waals surface area (Å²) >= 11 is 0. The number of rotatable bonds is 8. The van der Waals surface area contributed by atoms with Gasteiger partial charge in [-0.3, -0.25) is 9.59 Å². The summed E-state index contributed by atoms with van der Waals surface area (Å²) in [5, 5.41) is 0. The summed E-state index contributed by atoms with van der Waals surface area (Å²) in [4.78, 5) is 29.9. The number of pyridine rings is 1. The number of piperidine rings is 2. The van der Waals surface area contributed by atoms with Crippen molar-refractivity contribution >= 4 is 11.6 Å². The van der Waals surface area contributed by atoms with Crippen molar-refractivity contribution in [2.75, 3.05) is 25.0 Å². The zero-order valence-electron chi connectivity index (χ0n) is 21.2. The Labute approximate surface area is 217 Å². The number of nitrogens with two attached hydrogens (primary N) is 1. The van der Waals surface area contributed by atoms with Gasteiger partial charge in [0.1, 0.15) is 11.4 Å². The van der Waals surface area contributed by atoms with E-state index in [1.165, 1.54) is 12.1 Å². The maximum absolute atomic E-state index is 15.3. The van der Waals surface area contributed by atoms with E-state index in [0.29, 0.717) is 6.42 Å². The standard InChI is InChI=1S/C27H31F5N4O2/c1-14(17-5-3-6-18(22(17)28)24(29)30)36(23-15-9-16(23)12-34(2)11-15)20-10-21(37)35(13-19(20)25(33)38)27(26(31)32)7-4-8-27/h3,5-6,10,13-16,23-24,26H,4,7-9,11-12H2,1-2H3,(H2,33,38)/t14-,15?,16?,23?/m1/s1. The van der Waals surface area contributed by atoms with E-state index < -0.39 is 47.3 Å². The van der Waals surface area contributed by atoms with Crippen LogP contribution in [-0.2, 0) is 5.54 Å². The number of hydrogen-bond donors (Lipinski definition) is 1. The lowest BCUT2D eigenvalue weighted by Gasteiger charge is -2.59. The smallest absolute Gasteiger partial charge is 0.266 e.